The van der Waals surface area contributed by atoms with Crippen LogP contribution in [-0.2, 0) is 29.4 Å². The van der Waals surface area contributed by atoms with Crippen LogP contribution in [0.15, 0.2) is 23.0 Å². The summed E-state index contributed by atoms with van der Waals surface area (Å²) in [5.41, 5.74) is 1.23. The van der Waals surface area contributed by atoms with Gasteiger partial charge < -0.3 is 15.1 Å². The first-order chi connectivity index (χ1) is 10.9. The molecule has 0 saturated carbocycles. The van der Waals surface area contributed by atoms with Gasteiger partial charge in [-0.25, -0.2) is 4.79 Å². The van der Waals surface area contributed by atoms with Crippen LogP contribution >= 0.6 is 11.8 Å². The number of nitrogens with zero attached hydrogens (tertiary/aromatic N) is 3. The molecule has 0 radical (unpaired) electrons. The lowest BCUT2D eigenvalue weighted by atomic mass is 9.85. The van der Waals surface area contributed by atoms with Crippen molar-refractivity contribution in [3.63, 3.8) is 0 Å². The van der Waals surface area contributed by atoms with Crippen molar-refractivity contribution >= 4 is 23.6 Å². The number of amides is 1. The van der Waals surface area contributed by atoms with E-state index in [9.17, 15) is 14.7 Å². The minimum absolute atomic E-state index is 0.0495. The number of β-lactam (4-membered cyclic amide) rings is 1. The Kier molecular flexibility index (Phi) is 4.20. The van der Waals surface area contributed by atoms with E-state index in [1.807, 2.05) is 35.9 Å². The highest BCUT2D eigenvalue weighted by Gasteiger charge is 2.54. The minimum atomic E-state index is -1.05. The van der Waals surface area contributed by atoms with Crippen LogP contribution < -0.4 is 4.68 Å². The van der Waals surface area contributed by atoms with Crippen molar-refractivity contribution in [1.82, 2.24) is 9.58 Å². The summed E-state index contributed by atoms with van der Waals surface area (Å²) in [7, 11) is 3.88. The Morgan fingerprint density at radius 3 is 2.83 bits per heavy atom. The summed E-state index contributed by atoms with van der Waals surface area (Å²) >= 11 is 1.48. The van der Waals surface area contributed by atoms with Gasteiger partial charge in [0.1, 0.15) is 5.70 Å². The van der Waals surface area contributed by atoms with Crippen LogP contribution in [0.3, 0.4) is 0 Å². The number of aliphatic hydroxyl groups is 1. The molecule has 2 N–H and O–H groups in total. The van der Waals surface area contributed by atoms with Crippen molar-refractivity contribution in [2.45, 2.75) is 24.6 Å². The highest BCUT2D eigenvalue weighted by Crippen LogP contribution is 2.47. The fraction of sp³-hybridized carbons (Fsp3) is 0.533. The van der Waals surface area contributed by atoms with E-state index < -0.39 is 5.97 Å². The third-order valence-electron chi connectivity index (χ3n) is 4.51. The van der Waals surface area contributed by atoms with E-state index in [1.54, 1.807) is 0 Å². The number of aryl methyl sites for hydroxylation is 2. The first-order valence-corrected chi connectivity index (χ1v) is 8.47. The molecule has 7 nitrogen and oxygen atoms in total. The summed E-state index contributed by atoms with van der Waals surface area (Å²) in [6.45, 7) is -0.0495. The molecular weight excluding hydrogens is 318 g/mol. The molecule has 1 aromatic rings. The Morgan fingerprint density at radius 2 is 2.26 bits per heavy atom. The molecule has 1 aromatic heterocycles. The normalized spacial score (nSPS) is 23.3. The van der Waals surface area contributed by atoms with Gasteiger partial charge in [0, 0.05) is 23.7 Å². The predicted octanol–water partition coefficient (Wildman–Crippen LogP) is -0.00790. The number of carbonyl (C=O) groups excluding carboxylic acids is 1. The third kappa shape index (κ3) is 2.66. The number of carboxylic acids is 1. The van der Waals surface area contributed by atoms with Gasteiger partial charge in [-0.2, -0.15) is 4.68 Å². The topological polar surface area (TPSA) is 86.7 Å². The Balaban J connectivity index is 1.75. The lowest BCUT2D eigenvalue weighted by Gasteiger charge is -2.43. The molecule has 2 atom stereocenters. The predicted molar refractivity (Wildman–Crippen MR) is 83.0 cm³/mol. The molecular formula is C15H20N3O4S+. The van der Waals surface area contributed by atoms with Crippen molar-refractivity contribution in [1.29, 1.82) is 0 Å². The molecule has 3 heterocycles. The smallest absolute Gasteiger partial charge is 0.353 e. The zero-order chi connectivity index (χ0) is 16.7. The molecule has 0 spiro atoms. The zero-order valence-electron chi connectivity index (χ0n) is 13.1. The van der Waals surface area contributed by atoms with Gasteiger partial charge in [-0.05, 0) is 6.42 Å². The van der Waals surface area contributed by atoms with E-state index in [2.05, 4.69) is 0 Å². The summed E-state index contributed by atoms with van der Waals surface area (Å²) < 4.78 is 3.90. The second-order valence-corrected chi connectivity index (χ2v) is 7.01. The van der Waals surface area contributed by atoms with Crippen molar-refractivity contribution in [3.05, 3.63) is 28.6 Å². The van der Waals surface area contributed by atoms with Crippen LogP contribution in [0.2, 0.25) is 0 Å². The molecule has 2 aliphatic rings. The number of fused-ring (bicyclic) bond motifs is 1. The van der Waals surface area contributed by atoms with Gasteiger partial charge in [0.25, 0.3) is 0 Å². The number of carboxylic acid groups (broad SMARTS) is 1. The molecule has 1 amide bonds. The maximum absolute atomic E-state index is 12.1. The van der Waals surface area contributed by atoms with Gasteiger partial charge >= 0.3 is 5.97 Å². The maximum Gasteiger partial charge on any atom is 0.353 e. The van der Waals surface area contributed by atoms with Crippen LogP contribution in [0, 0.1) is 5.92 Å². The maximum atomic E-state index is 12.1. The number of carbonyl (C=O) groups is 2. The Labute approximate surface area is 138 Å². The number of aliphatic hydroxyl groups excluding tert-OH is 1. The Morgan fingerprint density at radius 1 is 1.52 bits per heavy atom. The number of hydrogen-bond donors (Lipinski definition) is 2. The van der Waals surface area contributed by atoms with Gasteiger partial charge in [-0.1, -0.05) is 0 Å². The highest BCUT2D eigenvalue weighted by molar-refractivity contribution is 8.02. The molecule has 3 rings (SSSR count). The fourth-order valence-corrected chi connectivity index (χ4v) is 4.38. The summed E-state index contributed by atoms with van der Waals surface area (Å²) in [6, 6.07) is -0.102. The quantitative estimate of drug-likeness (QED) is 0.563. The van der Waals surface area contributed by atoms with Crippen molar-refractivity contribution < 1.29 is 24.5 Å². The van der Waals surface area contributed by atoms with Gasteiger partial charge in [0.15, 0.2) is 13.2 Å². The molecule has 1 fully saturated rings. The Bertz CT molecular complexity index is 677. The lowest BCUT2D eigenvalue weighted by molar-refractivity contribution is -0.751. The SMILES string of the molecule is Cn1cc(CSC2=C(C(=O)O)N3C(=O)[C@@H](CCO)[C@H]3C2)c[n+]1C. The van der Waals surface area contributed by atoms with Crippen LogP contribution in [-0.4, -0.2) is 44.3 Å². The fourth-order valence-electron chi connectivity index (χ4n) is 3.28. The summed E-state index contributed by atoms with van der Waals surface area (Å²) in [4.78, 5) is 25.8. The lowest BCUT2D eigenvalue weighted by Crippen LogP contribution is -2.58. The van der Waals surface area contributed by atoms with Crippen LogP contribution in [0.1, 0.15) is 18.4 Å². The molecule has 124 valence electrons. The van der Waals surface area contributed by atoms with Crippen molar-refractivity contribution in [2.24, 2.45) is 20.0 Å². The van der Waals surface area contributed by atoms with E-state index >= 15 is 0 Å². The molecule has 0 bridgehead atoms. The van der Waals surface area contributed by atoms with Gasteiger partial charge in [-0.3, -0.25) is 4.79 Å². The average Bonchev–Trinajstić information content (AvgIpc) is 3.01. The number of rotatable bonds is 6. The first-order valence-electron chi connectivity index (χ1n) is 7.48. The van der Waals surface area contributed by atoms with E-state index in [-0.39, 0.29) is 30.2 Å². The number of aromatic nitrogens is 2. The molecule has 1 saturated heterocycles. The average molecular weight is 338 g/mol. The standard InChI is InChI=1S/C15H19N3O4S/c1-16-6-9(7-17(16)2)8-23-12-5-11-10(3-4-19)14(20)18(11)13(12)15(21)22/h6-7,10-11,19H,3-5,8H2,1-2H3/p+1/t10-,11+/m0/s1. The molecule has 2 aliphatic heterocycles. The number of hydrogen-bond acceptors (Lipinski definition) is 4. The molecule has 8 heteroatoms. The Hall–Kier alpha value is -1.80. The van der Waals surface area contributed by atoms with Crippen LogP contribution in [0.25, 0.3) is 0 Å². The van der Waals surface area contributed by atoms with Crippen molar-refractivity contribution in [3.8, 4) is 0 Å². The molecule has 23 heavy (non-hydrogen) atoms. The zero-order valence-corrected chi connectivity index (χ0v) is 13.9. The van der Waals surface area contributed by atoms with Crippen LogP contribution in [0.5, 0.6) is 0 Å². The van der Waals surface area contributed by atoms with E-state index in [1.165, 1.54) is 16.7 Å². The molecule has 0 aliphatic carbocycles. The minimum Gasteiger partial charge on any atom is -0.477 e. The van der Waals surface area contributed by atoms with Crippen molar-refractivity contribution in [2.75, 3.05) is 6.61 Å². The highest BCUT2D eigenvalue weighted by atomic mass is 32.2. The van der Waals surface area contributed by atoms with Gasteiger partial charge in [0.05, 0.1) is 30.8 Å². The van der Waals surface area contributed by atoms with Gasteiger partial charge in [0.2, 0.25) is 5.91 Å². The van der Waals surface area contributed by atoms with E-state index in [4.69, 9.17) is 5.11 Å². The molecule has 0 unspecified atom stereocenters. The second-order valence-electron chi connectivity index (χ2n) is 5.94. The third-order valence-corrected chi connectivity index (χ3v) is 5.70. The first kappa shape index (κ1) is 16.1. The molecule has 0 aromatic carbocycles. The van der Waals surface area contributed by atoms with E-state index in [0.717, 1.165) is 10.5 Å². The van der Waals surface area contributed by atoms with Gasteiger partial charge in [-0.15, -0.1) is 16.4 Å². The number of aliphatic carboxylic acids is 1. The van der Waals surface area contributed by atoms with E-state index in [0.29, 0.717) is 18.6 Å². The van der Waals surface area contributed by atoms with Crippen LogP contribution in [0.4, 0.5) is 0 Å². The monoisotopic (exact) mass is 338 g/mol. The second kappa shape index (κ2) is 6.01. The summed E-state index contributed by atoms with van der Waals surface area (Å²) in [6.07, 6.45) is 4.97. The number of thioether (sulfide) groups is 1. The largest absolute Gasteiger partial charge is 0.477 e. The summed E-state index contributed by atoms with van der Waals surface area (Å²) in [5.74, 6) is -0.810. The summed E-state index contributed by atoms with van der Waals surface area (Å²) in [5, 5.41) is 18.5.